The second-order valence-electron chi connectivity index (χ2n) is 10.1. The summed E-state index contributed by atoms with van der Waals surface area (Å²) in [5, 5.41) is 4.19. The molecule has 36 heavy (non-hydrogen) atoms. The normalized spacial score (nSPS) is 12.4. The Bertz CT molecular complexity index is 1250. The summed E-state index contributed by atoms with van der Waals surface area (Å²) < 4.78 is 13.0. The van der Waals surface area contributed by atoms with Crippen LogP contribution in [-0.4, -0.2) is 54.8 Å². The molecule has 7 nitrogen and oxygen atoms in total. The first kappa shape index (κ1) is 27.3. The summed E-state index contributed by atoms with van der Waals surface area (Å²) in [4.78, 5) is 28.7. The zero-order chi connectivity index (χ0) is 26.4. The second-order valence-corrected chi connectivity index (χ2v) is 10.1. The molecule has 0 saturated heterocycles. The van der Waals surface area contributed by atoms with Gasteiger partial charge < -0.3 is 19.7 Å². The third-order valence-electron chi connectivity index (χ3n) is 6.22. The SMILES string of the molecule is COc1cccc(-c2cc3ccc(OC[C@@H](C)CN(C)C(C)C)cc3c(=O)n2CC(=O)NC(C)C)c1. The summed E-state index contributed by atoms with van der Waals surface area (Å²) in [6.07, 6.45) is 0. The number of hydrogen-bond acceptors (Lipinski definition) is 5. The number of carbonyl (C=O) groups excluding carboxylic acids is 1. The van der Waals surface area contributed by atoms with E-state index in [1.54, 1.807) is 13.2 Å². The fraction of sp³-hybridized carbons (Fsp3) is 0.448. The van der Waals surface area contributed by atoms with Crippen LogP contribution in [-0.2, 0) is 11.3 Å². The van der Waals surface area contributed by atoms with Gasteiger partial charge in [-0.25, -0.2) is 0 Å². The number of fused-ring (bicyclic) bond motifs is 1. The van der Waals surface area contributed by atoms with Crippen molar-refractivity contribution in [1.82, 2.24) is 14.8 Å². The van der Waals surface area contributed by atoms with Gasteiger partial charge in [0, 0.05) is 30.1 Å². The van der Waals surface area contributed by atoms with Crippen LogP contribution in [0.4, 0.5) is 0 Å². The summed E-state index contributed by atoms with van der Waals surface area (Å²) in [6, 6.07) is 15.5. The maximum atomic E-state index is 13.7. The van der Waals surface area contributed by atoms with Gasteiger partial charge in [-0.15, -0.1) is 0 Å². The Morgan fingerprint density at radius 3 is 2.44 bits per heavy atom. The zero-order valence-corrected chi connectivity index (χ0v) is 22.5. The second kappa shape index (κ2) is 12.1. The molecule has 0 radical (unpaired) electrons. The molecule has 1 amide bonds. The Balaban J connectivity index is 1.99. The van der Waals surface area contributed by atoms with Crippen LogP contribution < -0.4 is 20.3 Å². The van der Waals surface area contributed by atoms with Gasteiger partial charge in [-0.3, -0.25) is 14.2 Å². The van der Waals surface area contributed by atoms with Crippen LogP contribution in [0.1, 0.15) is 34.6 Å². The largest absolute Gasteiger partial charge is 0.497 e. The van der Waals surface area contributed by atoms with E-state index in [1.165, 1.54) is 4.57 Å². The number of methoxy groups -OCH3 is 1. The summed E-state index contributed by atoms with van der Waals surface area (Å²) in [5.74, 6) is 1.44. The maximum Gasteiger partial charge on any atom is 0.259 e. The van der Waals surface area contributed by atoms with Crippen molar-refractivity contribution in [1.29, 1.82) is 0 Å². The molecule has 0 aliphatic heterocycles. The lowest BCUT2D eigenvalue weighted by atomic mass is 10.1. The van der Waals surface area contributed by atoms with Crippen molar-refractivity contribution in [2.45, 2.75) is 53.2 Å². The molecular formula is C29H39N3O4. The van der Waals surface area contributed by atoms with Crippen molar-refractivity contribution >= 4 is 16.7 Å². The molecule has 0 saturated carbocycles. The van der Waals surface area contributed by atoms with Crippen LogP contribution in [0.25, 0.3) is 22.0 Å². The van der Waals surface area contributed by atoms with E-state index in [1.807, 2.05) is 56.3 Å². The Morgan fingerprint density at radius 2 is 1.78 bits per heavy atom. The molecule has 0 aliphatic carbocycles. The third kappa shape index (κ3) is 6.88. The number of nitrogens with one attached hydrogen (secondary N) is 1. The van der Waals surface area contributed by atoms with Gasteiger partial charge in [0.2, 0.25) is 5.91 Å². The predicted octanol–water partition coefficient (Wildman–Crippen LogP) is 4.56. The first-order chi connectivity index (χ1) is 17.1. The molecule has 1 N–H and O–H groups in total. The summed E-state index contributed by atoms with van der Waals surface area (Å²) in [7, 11) is 3.71. The summed E-state index contributed by atoms with van der Waals surface area (Å²) >= 11 is 0. The van der Waals surface area contributed by atoms with E-state index in [4.69, 9.17) is 9.47 Å². The number of nitrogens with zero attached hydrogens (tertiary/aromatic N) is 2. The lowest BCUT2D eigenvalue weighted by Gasteiger charge is -2.24. The van der Waals surface area contributed by atoms with Crippen LogP contribution in [0.3, 0.4) is 0 Å². The van der Waals surface area contributed by atoms with Gasteiger partial charge in [0.25, 0.3) is 5.56 Å². The van der Waals surface area contributed by atoms with Gasteiger partial charge >= 0.3 is 0 Å². The number of carbonyl (C=O) groups is 1. The first-order valence-corrected chi connectivity index (χ1v) is 12.5. The molecule has 1 aromatic heterocycles. The molecule has 0 aliphatic rings. The van der Waals surface area contributed by atoms with Crippen molar-refractivity contribution < 1.29 is 14.3 Å². The van der Waals surface area contributed by atoms with E-state index in [9.17, 15) is 9.59 Å². The molecule has 2 aromatic carbocycles. The van der Waals surface area contributed by atoms with Gasteiger partial charge in [-0.1, -0.05) is 25.1 Å². The number of aromatic nitrogens is 1. The van der Waals surface area contributed by atoms with Crippen LogP contribution in [0.15, 0.2) is 53.3 Å². The number of ether oxygens (including phenoxy) is 2. The van der Waals surface area contributed by atoms with Gasteiger partial charge in [0.15, 0.2) is 0 Å². The van der Waals surface area contributed by atoms with Crippen molar-refractivity contribution in [2.24, 2.45) is 5.92 Å². The van der Waals surface area contributed by atoms with Crippen molar-refractivity contribution in [3.63, 3.8) is 0 Å². The first-order valence-electron chi connectivity index (χ1n) is 12.5. The van der Waals surface area contributed by atoms with Crippen LogP contribution >= 0.6 is 0 Å². The molecule has 7 heteroatoms. The van der Waals surface area contributed by atoms with Crippen molar-refractivity contribution in [3.05, 3.63) is 58.9 Å². The fourth-order valence-corrected chi connectivity index (χ4v) is 4.10. The summed E-state index contributed by atoms with van der Waals surface area (Å²) in [6.45, 7) is 11.7. The van der Waals surface area contributed by atoms with Crippen LogP contribution in [0, 0.1) is 5.92 Å². The van der Waals surface area contributed by atoms with Crippen molar-refractivity contribution in [2.75, 3.05) is 27.3 Å². The topological polar surface area (TPSA) is 72.8 Å². The van der Waals surface area contributed by atoms with Crippen LogP contribution in [0.2, 0.25) is 0 Å². The molecule has 0 bridgehead atoms. The number of pyridine rings is 1. The molecule has 3 aromatic rings. The van der Waals surface area contributed by atoms with E-state index in [2.05, 4.69) is 38.0 Å². The Kier molecular flexibility index (Phi) is 9.15. The van der Waals surface area contributed by atoms with E-state index in [0.717, 1.165) is 17.5 Å². The zero-order valence-electron chi connectivity index (χ0n) is 22.5. The van der Waals surface area contributed by atoms with Gasteiger partial charge in [-0.2, -0.15) is 0 Å². The molecule has 0 fully saturated rings. The Hall–Kier alpha value is -3.32. The molecule has 0 unspecified atom stereocenters. The van der Waals surface area contributed by atoms with E-state index >= 15 is 0 Å². The lowest BCUT2D eigenvalue weighted by molar-refractivity contribution is -0.122. The number of rotatable bonds is 11. The molecule has 194 valence electrons. The van der Waals surface area contributed by atoms with Gasteiger partial charge in [-0.05, 0) is 70.5 Å². The number of benzene rings is 2. The van der Waals surface area contributed by atoms with Gasteiger partial charge in [0.05, 0.1) is 24.8 Å². The van der Waals surface area contributed by atoms with E-state index < -0.39 is 0 Å². The van der Waals surface area contributed by atoms with E-state index in [0.29, 0.717) is 41.1 Å². The highest BCUT2D eigenvalue weighted by Crippen LogP contribution is 2.27. The number of amides is 1. The summed E-state index contributed by atoms with van der Waals surface area (Å²) in [5.41, 5.74) is 1.22. The van der Waals surface area contributed by atoms with Crippen molar-refractivity contribution in [3.8, 4) is 22.8 Å². The minimum Gasteiger partial charge on any atom is -0.497 e. The lowest BCUT2D eigenvalue weighted by Crippen LogP contribution is -2.36. The highest BCUT2D eigenvalue weighted by molar-refractivity contribution is 5.87. The highest BCUT2D eigenvalue weighted by Gasteiger charge is 2.16. The average molecular weight is 494 g/mol. The minimum absolute atomic E-state index is 0.0225. The predicted molar refractivity (Wildman–Crippen MR) is 146 cm³/mol. The average Bonchev–Trinajstić information content (AvgIpc) is 2.83. The number of hydrogen-bond donors (Lipinski definition) is 1. The molecule has 1 atom stereocenters. The van der Waals surface area contributed by atoms with Crippen LogP contribution in [0.5, 0.6) is 11.5 Å². The fourth-order valence-electron chi connectivity index (χ4n) is 4.10. The Morgan fingerprint density at radius 1 is 1.03 bits per heavy atom. The smallest absolute Gasteiger partial charge is 0.259 e. The Labute approximate surface area is 214 Å². The standard InChI is InChI=1S/C29H39N3O4/c1-19(2)30-28(33)17-32-27(23-9-8-10-24(13-23)35-7)14-22-11-12-25(15-26(22)29(32)34)36-18-21(5)16-31(6)20(3)4/h8-15,19-21H,16-18H2,1-7H3,(H,30,33)/t21-/m0/s1. The van der Waals surface area contributed by atoms with Gasteiger partial charge in [0.1, 0.15) is 18.0 Å². The molecule has 1 heterocycles. The maximum absolute atomic E-state index is 13.7. The molecular weight excluding hydrogens is 454 g/mol. The minimum atomic E-state index is -0.234. The van der Waals surface area contributed by atoms with E-state index in [-0.39, 0.29) is 24.1 Å². The third-order valence-corrected chi connectivity index (χ3v) is 6.22. The molecule has 0 spiro atoms. The quantitative estimate of drug-likeness (QED) is 0.424. The monoisotopic (exact) mass is 493 g/mol. The molecule has 3 rings (SSSR count). The highest BCUT2D eigenvalue weighted by atomic mass is 16.5.